The Hall–Kier alpha value is -0.450. The fourth-order valence-corrected chi connectivity index (χ4v) is 3.34. The highest BCUT2D eigenvalue weighted by molar-refractivity contribution is 14.1. The maximum atomic E-state index is 6.16. The average Bonchev–Trinajstić information content (AvgIpc) is 2.24. The zero-order chi connectivity index (χ0) is 12.6. The van der Waals surface area contributed by atoms with Crippen molar-refractivity contribution in [1.29, 1.82) is 0 Å². The van der Waals surface area contributed by atoms with Crippen molar-refractivity contribution in [2.24, 2.45) is 11.8 Å². The van der Waals surface area contributed by atoms with Crippen molar-refractivity contribution >= 4 is 34.0 Å². The minimum atomic E-state index is 0.577. The minimum Gasteiger partial charge on any atom is -0.397 e. The van der Waals surface area contributed by atoms with Gasteiger partial charge in [-0.05, 0) is 66.0 Å². The minimum absolute atomic E-state index is 0.577. The number of piperidine rings is 1. The molecule has 2 rings (SSSR count). The van der Waals surface area contributed by atoms with Gasteiger partial charge in [-0.2, -0.15) is 0 Å². The van der Waals surface area contributed by atoms with E-state index in [2.05, 4.69) is 66.5 Å². The van der Waals surface area contributed by atoms with Crippen LogP contribution in [0.1, 0.15) is 27.2 Å². The molecule has 1 aliphatic rings. The van der Waals surface area contributed by atoms with E-state index < -0.39 is 0 Å². The standard InChI is InChI=1S/C14H21IN2/c1-9-6-10(2)11(3)17(8-9)14-5-4-12(15)7-13(14)16/h4-5,7,9-11H,6,8,16H2,1-3H3. The summed E-state index contributed by atoms with van der Waals surface area (Å²) in [6, 6.07) is 6.95. The lowest BCUT2D eigenvalue weighted by Gasteiger charge is -2.43. The lowest BCUT2D eigenvalue weighted by Crippen LogP contribution is -2.46. The van der Waals surface area contributed by atoms with Crippen LogP contribution in [-0.4, -0.2) is 12.6 Å². The van der Waals surface area contributed by atoms with E-state index >= 15 is 0 Å². The molecule has 3 atom stereocenters. The molecule has 3 heteroatoms. The van der Waals surface area contributed by atoms with Gasteiger partial charge in [0.05, 0.1) is 11.4 Å². The molecule has 1 fully saturated rings. The number of hydrogen-bond donors (Lipinski definition) is 1. The summed E-state index contributed by atoms with van der Waals surface area (Å²) >= 11 is 2.31. The Morgan fingerprint density at radius 2 is 2.00 bits per heavy atom. The third-order valence-corrected chi connectivity index (χ3v) is 4.57. The van der Waals surface area contributed by atoms with Crippen LogP contribution in [0.4, 0.5) is 11.4 Å². The fourth-order valence-electron chi connectivity index (χ4n) is 2.82. The maximum Gasteiger partial charge on any atom is 0.0603 e. The van der Waals surface area contributed by atoms with E-state index in [0.717, 1.165) is 24.1 Å². The van der Waals surface area contributed by atoms with Crippen molar-refractivity contribution < 1.29 is 0 Å². The van der Waals surface area contributed by atoms with E-state index in [4.69, 9.17) is 5.73 Å². The molecule has 0 aromatic heterocycles. The lowest BCUT2D eigenvalue weighted by molar-refractivity contribution is 0.297. The van der Waals surface area contributed by atoms with Gasteiger partial charge in [-0.25, -0.2) is 0 Å². The highest BCUT2D eigenvalue weighted by atomic mass is 127. The Balaban J connectivity index is 2.31. The van der Waals surface area contributed by atoms with Gasteiger partial charge in [0.1, 0.15) is 0 Å². The van der Waals surface area contributed by atoms with Gasteiger partial charge in [0.15, 0.2) is 0 Å². The van der Waals surface area contributed by atoms with E-state index in [-0.39, 0.29) is 0 Å². The first-order chi connectivity index (χ1) is 7.99. The molecule has 0 spiro atoms. The smallest absolute Gasteiger partial charge is 0.0603 e. The van der Waals surface area contributed by atoms with Gasteiger partial charge < -0.3 is 10.6 Å². The summed E-state index contributed by atoms with van der Waals surface area (Å²) in [4.78, 5) is 2.48. The molecule has 0 aliphatic carbocycles. The van der Waals surface area contributed by atoms with Crippen molar-refractivity contribution in [3.8, 4) is 0 Å². The van der Waals surface area contributed by atoms with Crippen LogP contribution in [0.2, 0.25) is 0 Å². The number of rotatable bonds is 1. The summed E-state index contributed by atoms with van der Waals surface area (Å²) in [7, 11) is 0. The average molecular weight is 344 g/mol. The Bertz CT molecular complexity index is 405. The predicted octanol–water partition coefficient (Wildman–Crippen LogP) is 3.74. The van der Waals surface area contributed by atoms with Gasteiger partial charge in [0.25, 0.3) is 0 Å². The summed E-state index contributed by atoms with van der Waals surface area (Å²) in [5.74, 6) is 1.48. The summed E-state index contributed by atoms with van der Waals surface area (Å²) in [6.45, 7) is 8.11. The van der Waals surface area contributed by atoms with E-state index in [1.54, 1.807) is 0 Å². The van der Waals surface area contributed by atoms with Gasteiger partial charge in [-0.3, -0.25) is 0 Å². The van der Waals surface area contributed by atoms with Crippen molar-refractivity contribution in [2.45, 2.75) is 33.2 Å². The molecule has 0 bridgehead atoms. The van der Waals surface area contributed by atoms with Crippen LogP contribution in [0.3, 0.4) is 0 Å². The Morgan fingerprint density at radius 1 is 1.29 bits per heavy atom. The molecule has 94 valence electrons. The normalized spacial score (nSPS) is 29.4. The third-order valence-electron chi connectivity index (χ3n) is 3.90. The fraction of sp³-hybridized carbons (Fsp3) is 0.571. The van der Waals surface area contributed by atoms with Gasteiger partial charge in [0.2, 0.25) is 0 Å². The zero-order valence-corrected chi connectivity index (χ0v) is 12.9. The van der Waals surface area contributed by atoms with Crippen LogP contribution >= 0.6 is 22.6 Å². The summed E-state index contributed by atoms with van der Waals surface area (Å²) < 4.78 is 1.20. The Kier molecular flexibility index (Phi) is 3.85. The third kappa shape index (κ3) is 2.69. The number of halogens is 1. The molecule has 2 N–H and O–H groups in total. The van der Waals surface area contributed by atoms with Crippen LogP contribution in [-0.2, 0) is 0 Å². The van der Waals surface area contributed by atoms with Gasteiger partial charge in [-0.1, -0.05) is 13.8 Å². The number of benzene rings is 1. The lowest BCUT2D eigenvalue weighted by atomic mass is 9.85. The van der Waals surface area contributed by atoms with Gasteiger partial charge >= 0.3 is 0 Å². The van der Waals surface area contributed by atoms with Crippen LogP contribution < -0.4 is 10.6 Å². The quantitative estimate of drug-likeness (QED) is 0.621. The van der Waals surface area contributed by atoms with Crippen molar-refractivity contribution in [2.75, 3.05) is 17.2 Å². The second-order valence-corrected chi connectivity index (χ2v) is 6.66. The van der Waals surface area contributed by atoms with E-state index in [1.807, 2.05) is 0 Å². The predicted molar refractivity (Wildman–Crippen MR) is 83.3 cm³/mol. The first-order valence-corrected chi connectivity index (χ1v) is 7.38. The highest BCUT2D eigenvalue weighted by Gasteiger charge is 2.29. The van der Waals surface area contributed by atoms with Crippen LogP contribution in [0.5, 0.6) is 0 Å². The van der Waals surface area contributed by atoms with Crippen molar-refractivity contribution in [3.05, 3.63) is 21.8 Å². The van der Waals surface area contributed by atoms with Crippen molar-refractivity contribution in [3.63, 3.8) is 0 Å². The number of hydrogen-bond acceptors (Lipinski definition) is 2. The first-order valence-electron chi connectivity index (χ1n) is 6.30. The molecule has 1 saturated heterocycles. The molecule has 0 saturated carbocycles. The first kappa shape index (κ1) is 13.0. The number of anilines is 2. The Labute approximate surface area is 118 Å². The van der Waals surface area contributed by atoms with Crippen molar-refractivity contribution in [1.82, 2.24) is 0 Å². The maximum absolute atomic E-state index is 6.16. The molecule has 1 aliphatic heterocycles. The number of nitrogens with two attached hydrogens (primary N) is 1. The molecule has 17 heavy (non-hydrogen) atoms. The monoisotopic (exact) mass is 344 g/mol. The SMILES string of the molecule is CC1CC(C)C(C)N(c2ccc(I)cc2N)C1. The van der Waals surface area contributed by atoms with Crippen LogP contribution in [0.25, 0.3) is 0 Å². The summed E-state index contributed by atoms with van der Waals surface area (Å²) in [5.41, 5.74) is 8.27. The second kappa shape index (κ2) is 5.04. The second-order valence-electron chi connectivity index (χ2n) is 5.41. The molecule has 0 radical (unpaired) electrons. The molecule has 3 unspecified atom stereocenters. The number of nitrogens with zero attached hydrogens (tertiary/aromatic N) is 1. The summed E-state index contributed by atoms with van der Waals surface area (Å²) in [5, 5.41) is 0. The van der Waals surface area contributed by atoms with Gasteiger partial charge in [0, 0.05) is 16.2 Å². The molecule has 1 aromatic carbocycles. The van der Waals surface area contributed by atoms with E-state index in [0.29, 0.717) is 6.04 Å². The molecular formula is C14H21IN2. The zero-order valence-electron chi connectivity index (χ0n) is 10.8. The number of nitrogen functional groups attached to an aromatic ring is 1. The molecule has 1 aromatic rings. The largest absolute Gasteiger partial charge is 0.397 e. The topological polar surface area (TPSA) is 29.3 Å². The van der Waals surface area contributed by atoms with Crippen LogP contribution in [0, 0.1) is 15.4 Å². The molecule has 2 nitrogen and oxygen atoms in total. The summed E-state index contributed by atoms with van der Waals surface area (Å²) in [6.07, 6.45) is 1.32. The van der Waals surface area contributed by atoms with E-state index in [1.165, 1.54) is 15.7 Å². The van der Waals surface area contributed by atoms with E-state index in [9.17, 15) is 0 Å². The van der Waals surface area contributed by atoms with Crippen LogP contribution in [0.15, 0.2) is 18.2 Å². The molecule has 0 amide bonds. The molecule has 1 heterocycles. The van der Waals surface area contributed by atoms with Gasteiger partial charge in [-0.15, -0.1) is 0 Å². The molecular weight excluding hydrogens is 323 g/mol. The Morgan fingerprint density at radius 3 is 2.65 bits per heavy atom. The highest BCUT2D eigenvalue weighted by Crippen LogP contribution is 2.34.